The van der Waals surface area contributed by atoms with Crippen LogP contribution in [0.2, 0.25) is 0 Å². The Morgan fingerprint density at radius 1 is 1.17 bits per heavy atom. The number of carbonyl (C=O) groups is 2. The van der Waals surface area contributed by atoms with Crippen molar-refractivity contribution in [2.24, 2.45) is 0 Å². The van der Waals surface area contributed by atoms with Gasteiger partial charge in [-0.05, 0) is 19.9 Å². The number of likely N-dealkylation sites (N-methyl/N-ethyl adjacent to an activating group) is 1. The molecule has 0 bridgehead atoms. The predicted octanol–water partition coefficient (Wildman–Crippen LogP) is 0.877. The summed E-state index contributed by atoms with van der Waals surface area (Å²) in [4.78, 5) is 37.0. The summed E-state index contributed by atoms with van der Waals surface area (Å²) < 4.78 is 5.01. The molecule has 7 nitrogen and oxygen atoms in total. The maximum atomic E-state index is 11.9. The molecule has 1 N–H and O–H groups in total. The van der Waals surface area contributed by atoms with Crippen LogP contribution in [0.1, 0.15) is 19.5 Å². The Bertz CT molecular complexity index is 765. The third-order valence-corrected chi connectivity index (χ3v) is 3.56. The second-order valence-electron chi connectivity index (χ2n) is 4.95. The number of H-pyrrole nitrogens is 1. The summed E-state index contributed by atoms with van der Waals surface area (Å²) in [6, 6.07) is 6.89. The van der Waals surface area contributed by atoms with Gasteiger partial charge in [-0.25, -0.2) is 5.10 Å². The number of amides is 1. The van der Waals surface area contributed by atoms with E-state index in [4.69, 9.17) is 4.74 Å². The molecule has 0 saturated carbocycles. The van der Waals surface area contributed by atoms with Crippen LogP contribution in [-0.2, 0) is 20.7 Å². The molecule has 2 rings (SSSR count). The third-order valence-electron chi connectivity index (χ3n) is 3.56. The van der Waals surface area contributed by atoms with Gasteiger partial charge in [-0.1, -0.05) is 18.2 Å². The van der Waals surface area contributed by atoms with Crippen molar-refractivity contribution >= 4 is 22.6 Å². The van der Waals surface area contributed by atoms with Gasteiger partial charge >= 0.3 is 5.97 Å². The van der Waals surface area contributed by atoms with E-state index in [0.717, 1.165) is 0 Å². The minimum Gasteiger partial charge on any atom is -0.455 e. The van der Waals surface area contributed by atoms with E-state index >= 15 is 0 Å². The van der Waals surface area contributed by atoms with Crippen molar-refractivity contribution in [2.45, 2.75) is 20.3 Å². The second kappa shape index (κ2) is 7.53. The zero-order valence-electron chi connectivity index (χ0n) is 13.2. The second-order valence-corrected chi connectivity index (χ2v) is 4.95. The van der Waals surface area contributed by atoms with Crippen LogP contribution >= 0.6 is 0 Å². The van der Waals surface area contributed by atoms with Crippen LogP contribution in [-0.4, -0.2) is 46.7 Å². The highest BCUT2D eigenvalue weighted by atomic mass is 16.5. The van der Waals surface area contributed by atoms with Crippen LogP contribution in [0.4, 0.5) is 0 Å². The van der Waals surface area contributed by atoms with Crippen LogP contribution in [0.3, 0.4) is 0 Å². The Labute approximate surface area is 133 Å². The van der Waals surface area contributed by atoms with Crippen LogP contribution in [0, 0.1) is 0 Å². The molecule has 0 aliphatic heterocycles. The first-order valence-electron chi connectivity index (χ1n) is 7.46. The van der Waals surface area contributed by atoms with Gasteiger partial charge in [0.05, 0.1) is 17.5 Å². The van der Waals surface area contributed by atoms with Gasteiger partial charge in [0.2, 0.25) is 0 Å². The Morgan fingerprint density at radius 2 is 1.83 bits per heavy atom. The fourth-order valence-electron chi connectivity index (χ4n) is 2.30. The van der Waals surface area contributed by atoms with Crippen LogP contribution < -0.4 is 5.56 Å². The summed E-state index contributed by atoms with van der Waals surface area (Å²) in [5.41, 5.74) is 0.106. The van der Waals surface area contributed by atoms with Gasteiger partial charge in [-0.15, -0.1) is 0 Å². The number of aromatic nitrogens is 2. The zero-order valence-corrected chi connectivity index (χ0v) is 13.2. The molecular weight excluding hydrogens is 298 g/mol. The number of benzene rings is 1. The van der Waals surface area contributed by atoms with Crippen molar-refractivity contribution in [3.63, 3.8) is 0 Å². The van der Waals surface area contributed by atoms with Crippen LogP contribution in [0.5, 0.6) is 0 Å². The monoisotopic (exact) mass is 317 g/mol. The van der Waals surface area contributed by atoms with E-state index in [1.54, 1.807) is 29.2 Å². The maximum Gasteiger partial charge on any atom is 0.312 e. The molecule has 1 amide bonds. The van der Waals surface area contributed by atoms with E-state index in [1.165, 1.54) is 0 Å². The zero-order chi connectivity index (χ0) is 16.8. The molecular formula is C16H19N3O4. The number of nitrogens with one attached hydrogen (secondary N) is 1. The number of aromatic amines is 1. The summed E-state index contributed by atoms with van der Waals surface area (Å²) in [5.74, 6) is -0.794. The number of esters is 1. The quantitative estimate of drug-likeness (QED) is 0.798. The standard InChI is InChI=1S/C16H19N3O4/c1-3-19(4-2)14(20)10-23-15(21)9-13-11-7-5-6-8-12(11)16(22)18-17-13/h5-8H,3-4,9-10H2,1-2H3,(H,18,22). The molecule has 0 fully saturated rings. The Kier molecular flexibility index (Phi) is 5.46. The van der Waals surface area contributed by atoms with E-state index < -0.39 is 5.97 Å². The minimum atomic E-state index is -0.560. The highest BCUT2D eigenvalue weighted by molar-refractivity contribution is 5.87. The molecule has 7 heteroatoms. The lowest BCUT2D eigenvalue weighted by atomic mass is 10.1. The number of carbonyl (C=O) groups excluding carboxylic acids is 2. The molecule has 0 aliphatic rings. The molecule has 122 valence electrons. The summed E-state index contributed by atoms with van der Waals surface area (Å²) in [6.45, 7) is 4.57. The highest BCUT2D eigenvalue weighted by Gasteiger charge is 2.15. The van der Waals surface area contributed by atoms with Crippen molar-refractivity contribution in [3.8, 4) is 0 Å². The van der Waals surface area contributed by atoms with Gasteiger partial charge in [0.15, 0.2) is 6.61 Å². The minimum absolute atomic E-state index is 0.108. The van der Waals surface area contributed by atoms with Gasteiger partial charge in [-0.2, -0.15) is 5.10 Å². The lowest BCUT2D eigenvalue weighted by Gasteiger charge is -2.18. The summed E-state index contributed by atoms with van der Waals surface area (Å²) >= 11 is 0. The van der Waals surface area contributed by atoms with Gasteiger partial charge in [0.25, 0.3) is 11.5 Å². The summed E-state index contributed by atoms with van der Waals surface area (Å²) in [6.07, 6.45) is -0.108. The third kappa shape index (κ3) is 3.94. The van der Waals surface area contributed by atoms with E-state index in [2.05, 4.69) is 10.2 Å². The van der Waals surface area contributed by atoms with Gasteiger partial charge in [0.1, 0.15) is 0 Å². The molecule has 0 radical (unpaired) electrons. The van der Waals surface area contributed by atoms with Crippen molar-refractivity contribution in [3.05, 3.63) is 40.3 Å². The Hall–Kier alpha value is -2.70. The first-order chi connectivity index (χ1) is 11.1. The van der Waals surface area contributed by atoms with E-state index in [9.17, 15) is 14.4 Å². The number of ether oxygens (including phenoxy) is 1. The molecule has 1 aromatic heterocycles. The molecule has 0 spiro atoms. The largest absolute Gasteiger partial charge is 0.455 e. The molecule has 1 heterocycles. The lowest BCUT2D eigenvalue weighted by Crippen LogP contribution is -2.34. The topological polar surface area (TPSA) is 92.4 Å². The smallest absolute Gasteiger partial charge is 0.312 e. The number of nitrogens with zero attached hydrogens (tertiary/aromatic N) is 2. The Balaban J connectivity index is 2.05. The maximum absolute atomic E-state index is 11.9. The molecule has 0 unspecified atom stereocenters. The van der Waals surface area contributed by atoms with Crippen molar-refractivity contribution in [1.82, 2.24) is 15.1 Å². The fourth-order valence-corrected chi connectivity index (χ4v) is 2.30. The van der Waals surface area contributed by atoms with E-state index in [1.807, 2.05) is 13.8 Å². The number of fused-ring (bicyclic) bond motifs is 1. The SMILES string of the molecule is CCN(CC)C(=O)COC(=O)Cc1n[nH]c(=O)c2ccccc12. The first kappa shape index (κ1) is 16.7. The number of hydrogen-bond acceptors (Lipinski definition) is 5. The van der Waals surface area contributed by atoms with Gasteiger partial charge in [0, 0.05) is 18.5 Å². The normalized spacial score (nSPS) is 10.5. The highest BCUT2D eigenvalue weighted by Crippen LogP contribution is 2.13. The van der Waals surface area contributed by atoms with Crippen molar-refractivity contribution < 1.29 is 14.3 Å². The molecule has 1 aromatic carbocycles. The summed E-state index contributed by atoms with van der Waals surface area (Å²) in [5, 5.41) is 7.33. The van der Waals surface area contributed by atoms with Gasteiger partial charge in [-0.3, -0.25) is 14.4 Å². The van der Waals surface area contributed by atoms with Crippen molar-refractivity contribution in [2.75, 3.05) is 19.7 Å². The molecule has 0 aliphatic carbocycles. The molecule has 2 aromatic rings. The van der Waals surface area contributed by atoms with Crippen LogP contribution in [0.15, 0.2) is 29.1 Å². The number of hydrogen-bond donors (Lipinski definition) is 1. The molecule has 0 saturated heterocycles. The fraction of sp³-hybridized carbons (Fsp3) is 0.375. The van der Waals surface area contributed by atoms with Crippen LogP contribution in [0.25, 0.3) is 10.8 Å². The lowest BCUT2D eigenvalue weighted by molar-refractivity contribution is -0.151. The van der Waals surface area contributed by atoms with E-state index in [-0.39, 0.29) is 24.5 Å². The average Bonchev–Trinajstić information content (AvgIpc) is 2.57. The van der Waals surface area contributed by atoms with Gasteiger partial charge < -0.3 is 9.64 Å². The van der Waals surface area contributed by atoms with Crippen molar-refractivity contribution in [1.29, 1.82) is 0 Å². The molecule has 0 atom stereocenters. The Morgan fingerprint density at radius 3 is 2.48 bits per heavy atom. The van der Waals surface area contributed by atoms with E-state index in [0.29, 0.717) is 29.6 Å². The predicted molar refractivity (Wildman–Crippen MR) is 85.0 cm³/mol. The average molecular weight is 317 g/mol. The molecule has 23 heavy (non-hydrogen) atoms. The summed E-state index contributed by atoms with van der Waals surface area (Å²) in [7, 11) is 0. The first-order valence-corrected chi connectivity index (χ1v) is 7.46. The number of rotatable bonds is 6.